The van der Waals surface area contributed by atoms with Crippen molar-refractivity contribution in [3.8, 4) is 0 Å². The van der Waals surface area contributed by atoms with Gasteiger partial charge in [-0.1, -0.05) is 35.3 Å². The fraction of sp³-hybridized carbons (Fsp3) is 0.333. The Labute approximate surface area is 159 Å². The molecule has 1 unspecified atom stereocenters. The molecule has 0 N–H and O–H groups in total. The Morgan fingerprint density at radius 1 is 1.04 bits per heavy atom. The molecule has 1 aliphatic rings. The SMILES string of the molecule is Cc1cccc(N2CCN(S(=O)(=O)c3ccc(Cl)c(Cl)c3)CC2C)c1. The van der Waals surface area contributed by atoms with E-state index in [1.54, 1.807) is 0 Å². The summed E-state index contributed by atoms with van der Waals surface area (Å²) in [5.41, 5.74) is 2.31. The highest BCUT2D eigenvalue weighted by Crippen LogP contribution is 2.29. The molecule has 0 radical (unpaired) electrons. The molecule has 3 rings (SSSR count). The van der Waals surface area contributed by atoms with Gasteiger partial charge in [0.2, 0.25) is 10.0 Å². The van der Waals surface area contributed by atoms with Gasteiger partial charge in [-0.2, -0.15) is 4.31 Å². The number of nitrogens with zero attached hydrogens (tertiary/aromatic N) is 2. The van der Waals surface area contributed by atoms with Gasteiger partial charge in [-0.05, 0) is 49.7 Å². The molecule has 2 aromatic carbocycles. The van der Waals surface area contributed by atoms with Crippen LogP contribution in [0.15, 0.2) is 47.4 Å². The Kier molecular flexibility index (Phi) is 5.30. The normalized spacial score (nSPS) is 19.2. The van der Waals surface area contributed by atoms with E-state index in [1.165, 1.54) is 28.1 Å². The molecule has 134 valence electrons. The second kappa shape index (κ2) is 7.16. The Morgan fingerprint density at radius 3 is 2.44 bits per heavy atom. The topological polar surface area (TPSA) is 40.6 Å². The monoisotopic (exact) mass is 398 g/mol. The Hall–Kier alpha value is -1.27. The van der Waals surface area contributed by atoms with Crippen LogP contribution in [0.5, 0.6) is 0 Å². The van der Waals surface area contributed by atoms with E-state index in [4.69, 9.17) is 23.2 Å². The Balaban J connectivity index is 1.81. The van der Waals surface area contributed by atoms with Crippen LogP contribution in [0.3, 0.4) is 0 Å². The van der Waals surface area contributed by atoms with E-state index in [0.29, 0.717) is 24.7 Å². The van der Waals surface area contributed by atoms with E-state index in [2.05, 4.69) is 30.0 Å². The van der Waals surface area contributed by atoms with Crippen LogP contribution < -0.4 is 4.90 Å². The minimum absolute atomic E-state index is 0.0769. The maximum absolute atomic E-state index is 12.9. The summed E-state index contributed by atoms with van der Waals surface area (Å²) in [5.74, 6) is 0. The van der Waals surface area contributed by atoms with Crippen molar-refractivity contribution in [1.29, 1.82) is 0 Å². The van der Waals surface area contributed by atoms with Gasteiger partial charge in [-0.3, -0.25) is 0 Å². The van der Waals surface area contributed by atoms with Crippen molar-refractivity contribution in [2.75, 3.05) is 24.5 Å². The molecule has 25 heavy (non-hydrogen) atoms. The lowest BCUT2D eigenvalue weighted by Gasteiger charge is -2.40. The van der Waals surface area contributed by atoms with Crippen LogP contribution in [0.25, 0.3) is 0 Å². The van der Waals surface area contributed by atoms with Crippen molar-refractivity contribution in [3.05, 3.63) is 58.1 Å². The van der Waals surface area contributed by atoms with Crippen LogP contribution in [0.4, 0.5) is 5.69 Å². The van der Waals surface area contributed by atoms with Gasteiger partial charge >= 0.3 is 0 Å². The second-order valence-electron chi connectivity index (χ2n) is 6.32. The van der Waals surface area contributed by atoms with Crippen LogP contribution in [0, 0.1) is 6.92 Å². The smallest absolute Gasteiger partial charge is 0.243 e. The summed E-state index contributed by atoms with van der Waals surface area (Å²) < 4.78 is 27.3. The number of piperazine rings is 1. The summed E-state index contributed by atoms with van der Waals surface area (Å²) in [4.78, 5) is 2.42. The number of hydrogen-bond donors (Lipinski definition) is 0. The number of sulfonamides is 1. The van der Waals surface area contributed by atoms with Crippen LogP contribution in [0.2, 0.25) is 10.0 Å². The Morgan fingerprint density at radius 2 is 1.80 bits per heavy atom. The lowest BCUT2D eigenvalue weighted by Crippen LogP contribution is -2.53. The Bertz CT molecular complexity index is 886. The number of hydrogen-bond acceptors (Lipinski definition) is 3. The fourth-order valence-corrected chi connectivity index (χ4v) is 5.02. The number of halogens is 2. The predicted molar refractivity (Wildman–Crippen MR) is 103 cm³/mol. The van der Waals surface area contributed by atoms with Crippen LogP contribution >= 0.6 is 23.2 Å². The molecule has 0 spiro atoms. The molecule has 1 atom stereocenters. The third kappa shape index (κ3) is 3.80. The van der Waals surface area contributed by atoms with Crippen molar-refractivity contribution < 1.29 is 8.42 Å². The average Bonchev–Trinajstić information content (AvgIpc) is 2.57. The van der Waals surface area contributed by atoms with Gasteiger partial charge in [-0.15, -0.1) is 0 Å². The summed E-state index contributed by atoms with van der Waals surface area (Å²) in [6.07, 6.45) is 0. The third-order valence-electron chi connectivity index (χ3n) is 4.45. The molecule has 1 fully saturated rings. The first-order chi connectivity index (χ1) is 11.8. The van der Waals surface area contributed by atoms with Crippen molar-refractivity contribution in [3.63, 3.8) is 0 Å². The second-order valence-corrected chi connectivity index (χ2v) is 9.07. The van der Waals surface area contributed by atoms with E-state index in [9.17, 15) is 8.42 Å². The van der Waals surface area contributed by atoms with E-state index < -0.39 is 10.0 Å². The highest BCUT2D eigenvalue weighted by molar-refractivity contribution is 7.89. The van der Waals surface area contributed by atoms with E-state index in [-0.39, 0.29) is 16.0 Å². The number of aryl methyl sites for hydroxylation is 1. The van der Waals surface area contributed by atoms with Gasteiger partial charge in [-0.25, -0.2) is 8.42 Å². The number of benzene rings is 2. The molecule has 0 bridgehead atoms. The van der Waals surface area contributed by atoms with Gasteiger partial charge in [0, 0.05) is 31.4 Å². The van der Waals surface area contributed by atoms with Crippen molar-refractivity contribution >= 4 is 38.9 Å². The summed E-state index contributed by atoms with van der Waals surface area (Å²) in [6, 6.07) is 12.8. The third-order valence-corrected chi connectivity index (χ3v) is 7.05. The summed E-state index contributed by atoms with van der Waals surface area (Å²) in [5, 5.41) is 0.590. The summed E-state index contributed by atoms with van der Waals surface area (Å²) >= 11 is 11.9. The van der Waals surface area contributed by atoms with Crippen LogP contribution in [-0.4, -0.2) is 38.4 Å². The highest BCUT2D eigenvalue weighted by atomic mass is 35.5. The zero-order valence-corrected chi connectivity index (χ0v) is 16.4. The molecule has 4 nitrogen and oxygen atoms in total. The number of anilines is 1. The summed E-state index contributed by atoms with van der Waals surface area (Å²) in [7, 11) is -3.58. The maximum Gasteiger partial charge on any atom is 0.243 e. The zero-order valence-electron chi connectivity index (χ0n) is 14.1. The quantitative estimate of drug-likeness (QED) is 0.777. The van der Waals surface area contributed by atoms with E-state index >= 15 is 0 Å². The molecule has 1 heterocycles. The minimum atomic E-state index is -3.58. The predicted octanol–water partition coefficient (Wildman–Crippen LogP) is 4.20. The number of rotatable bonds is 3. The standard InChI is InChI=1S/C18H20Cl2N2O2S/c1-13-4-3-5-15(10-13)22-9-8-21(12-14(22)2)25(23,24)16-6-7-17(19)18(20)11-16/h3-7,10-11,14H,8-9,12H2,1-2H3. The first-order valence-corrected chi connectivity index (χ1v) is 10.3. The zero-order chi connectivity index (χ0) is 18.2. The van der Waals surface area contributed by atoms with Gasteiger partial charge < -0.3 is 4.90 Å². The van der Waals surface area contributed by atoms with E-state index in [0.717, 1.165) is 5.69 Å². The summed E-state index contributed by atoms with van der Waals surface area (Å²) in [6.45, 7) is 5.60. The van der Waals surface area contributed by atoms with E-state index in [1.807, 2.05) is 13.0 Å². The molecular formula is C18H20Cl2N2O2S. The average molecular weight is 399 g/mol. The minimum Gasteiger partial charge on any atom is -0.366 e. The van der Waals surface area contributed by atoms with Crippen molar-refractivity contribution in [1.82, 2.24) is 4.31 Å². The molecule has 7 heteroatoms. The molecule has 0 aliphatic carbocycles. The molecule has 0 amide bonds. The molecule has 2 aromatic rings. The highest BCUT2D eigenvalue weighted by Gasteiger charge is 2.32. The van der Waals surface area contributed by atoms with Gasteiger partial charge in [0.15, 0.2) is 0 Å². The maximum atomic E-state index is 12.9. The first kappa shape index (κ1) is 18.5. The molecule has 1 aliphatic heterocycles. The lowest BCUT2D eigenvalue weighted by molar-refractivity contribution is 0.342. The molecule has 0 aromatic heterocycles. The van der Waals surface area contributed by atoms with Crippen LogP contribution in [-0.2, 0) is 10.0 Å². The van der Waals surface area contributed by atoms with Crippen molar-refractivity contribution in [2.45, 2.75) is 24.8 Å². The lowest BCUT2D eigenvalue weighted by atomic mass is 10.1. The fourth-order valence-electron chi connectivity index (χ4n) is 3.12. The van der Waals surface area contributed by atoms with Crippen molar-refractivity contribution in [2.24, 2.45) is 0 Å². The molecular weight excluding hydrogens is 379 g/mol. The molecule has 0 saturated carbocycles. The van der Waals surface area contributed by atoms with Gasteiger partial charge in [0.1, 0.15) is 0 Å². The van der Waals surface area contributed by atoms with Gasteiger partial charge in [0.25, 0.3) is 0 Å². The van der Waals surface area contributed by atoms with Crippen LogP contribution in [0.1, 0.15) is 12.5 Å². The first-order valence-electron chi connectivity index (χ1n) is 8.07. The molecule has 1 saturated heterocycles. The van der Waals surface area contributed by atoms with Gasteiger partial charge in [0.05, 0.1) is 14.9 Å². The largest absolute Gasteiger partial charge is 0.366 e.